The Kier molecular flexibility index (Phi) is 5.96. The fraction of sp³-hybridized carbons (Fsp3) is 0.348. The van der Waals surface area contributed by atoms with Crippen LogP contribution in [0.3, 0.4) is 0 Å². The molecule has 3 aromatic rings. The Labute approximate surface area is 192 Å². The summed E-state index contributed by atoms with van der Waals surface area (Å²) in [5, 5.41) is 3.64. The highest BCUT2D eigenvalue weighted by atomic mass is 19.4. The summed E-state index contributed by atoms with van der Waals surface area (Å²) < 4.78 is 58.3. The largest absolute Gasteiger partial charge is 0.496 e. The first kappa shape index (κ1) is 23.5. The van der Waals surface area contributed by atoms with Gasteiger partial charge in [-0.1, -0.05) is 0 Å². The van der Waals surface area contributed by atoms with Gasteiger partial charge in [0.1, 0.15) is 23.6 Å². The topological polar surface area (TPSA) is 93.4 Å². The van der Waals surface area contributed by atoms with E-state index < -0.39 is 24.0 Å². The first-order valence-corrected chi connectivity index (χ1v) is 10.5. The van der Waals surface area contributed by atoms with Crippen LogP contribution in [-0.4, -0.2) is 47.1 Å². The number of nitrogen functional groups attached to an aromatic ring is 1. The summed E-state index contributed by atoms with van der Waals surface area (Å²) in [6.07, 6.45) is -5.57. The molecule has 0 aliphatic carbocycles. The van der Waals surface area contributed by atoms with Gasteiger partial charge in [-0.15, -0.1) is 0 Å². The Morgan fingerprint density at radius 1 is 1.21 bits per heavy atom. The summed E-state index contributed by atoms with van der Waals surface area (Å²) in [5.41, 5.74) is 5.86. The number of nitrogens with two attached hydrogens (primary N) is 1. The molecule has 180 valence electrons. The number of hydrogen-bond donors (Lipinski definition) is 2. The van der Waals surface area contributed by atoms with E-state index >= 15 is 0 Å². The van der Waals surface area contributed by atoms with Crippen molar-refractivity contribution in [3.63, 3.8) is 0 Å². The molecule has 0 saturated carbocycles. The predicted molar refractivity (Wildman–Crippen MR) is 120 cm³/mol. The van der Waals surface area contributed by atoms with Crippen LogP contribution < -0.4 is 15.8 Å². The number of carbonyl (C=O) groups excluding carboxylic acids is 1. The quantitative estimate of drug-likeness (QED) is 0.415. The van der Waals surface area contributed by atoms with Gasteiger partial charge in [-0.2, -0.15) is 13.2 Å². The van der Waals surface area contributed by atoms with Gasteiger partial charge in [0.2, 0.25) is 0 Å². The molecule has 1 atom stereocenters. The van der Waals surface area contributed by atoms with Gasteiger partial charge in [0.15, 0.2) is 0 Å². The molecule has 1 saturated heterocycles. The molecule has 1 fully saturated rings. The fourth-order valence-electron chi connectivity index (χ4n) is 3.86. The van der Waals surface area contributed by atoms with Crippen LogP contribution in [0.15, 0.2) is 30.3 Å². The standard InChI is InChI=1S/C23H23F4N5O2/c1-11(13-4-14(23(25,26)27)6-16(28)5-13)29-21-17-8-20(34-3)18(7-19(17)30-12(2)31-21)22(33)32-9-15(24)10-32/h4-8,11,15H,9-10,28H2,1-3H3,(H,29,30,31). The van der Waals surface area contributed by atoms with Crippen molar-refractivity contribution in [2.45, 2.75) is 32.2 Å². The zero-order valence-electron chi connectivity index (χ0n) is 18.7. The number of carbonyl (C=O) groups is 1. The number of anilines is 2. The molecular weight excluding hydrogens is 454 g/mol. The van der Waals surface area contributed by atoms with Crippen molar-refractivity contribution < 1.29 is 27.1 Å². The number of likely N-dealkylation sites (tertiary alicyclic amines) is 1. The number of aromatic nitrogens is 2. The normalized spacial score (nSPS) is 15.2. The van der Waals surface area contributed by atoms with Crippen molar-refractivity contribution >= 4 is 28.3 Å². The summed E-state index contributed by atoms with van der Waals surface area (Å²) in [5.74, 6) is 0.635. The lowest BCUT2D eigenvalue weighted by Crippen LogP contribution is -2.51. The van der Waals surface area contributed by atoms with Gasteiger partial charge in [0, 0.05) is 11.1 Å². The molecular formula is C23H23F4N5O2. The minimum atomic E-state index is -4.53. The van der Waals surface area contributed by atoms with Gasteiger partial charge in [-0.25, -0.2) is 14.4 Å². The number of amides is 1. The van der Waals surface area contributed by atoms with E-state index in [4.69, 9.17) is 10.5 Å². The number of hydrogen-bond acceptors (Lipinski definition) is 6. The van der Waals surface area contributed by atoms with E-state index in [2.05, 4.69) is 15.3 Å². The number of nitrogens with one attached hydrogen (secondary N) is 1. The van der Waals surface area contributed by atoms with Crippen molar-refractivity contribution in [2.75, 3.05) is 31.2 Å². The monoisotopic (exact) mass is 477 g/mol. The molecule has 1 unspecified atom stereocenters. The Bertz CT molecular complexity index is 1260. The second-order valence-electron chi connectivity index (χ2n) is 8.25. The molecule has 1 aliphatic heterocycles. The number of halogens is 4. The van der Waals surface area contributed by atoms with E-state index in [0.29, 0.717) is 28.1 Å². The van der Waals surface area contributed by atoms with Crippen molar-refractivity contribution in [3.8, 4) is 5.75 Å². The zero-order valence-corrected chi connectivity index (χ0v) is 18.7. The average Bonchev–Trinajstić information content (AvgIpc) is 2.74. The molecule has 7 nitrogen and oxygen atoms in total. The second kappa shape index (κ2) is 8.62. The minimum Gasteiger partial charge on any atom is -0.496 e. The molecule has 0 spiro atoms. The molecule has 0 radical (unpaired) electrons. The third-order valence-corrected chi connectivity index (χ3v) is 5.64. The summed E-state index contributed by atoms with van der Waals surface area (Å²) >= 11 is 0. The maximum absolute atomic E-state index is 13.2. The van der Waals surface area contributed by atoms with Gasteiger partial charge in [-0.3, -0.25) is 4.79 Å². The molecule has 34 heavy (non-hydrogen) atoms. The summed E-state index contributed by atoms with van der Waals surface area (Å²) in [4.78, 5) is 23.0. The summed E-state index contributed by atoms with van der Waals surface area (Å²) in [7, 11) is 1.40. The van der Waals surface area contributed by atoms with E-state index in [-0.39, 0.29) is 36.0 Å². The lowest BCUT2D eigenvalue weighted by Gasteiger charge is -2.34. The summed E-state index contributed by atoms with van der Waals surface area (Å²) in [6, 6.07) is 5.93. The van der Waals surface area contributed by atoms with Crippen molar-refractivity contribution in [1.29, 1.82) is 0 Å². The van der Waals surface area contributed by atoms with Crippen LogP contribution in [0.2, 0.25) is 0 Å². The van der Waals surface area contributed by atoms with Crippen LogP contribution in [0, 0.1) is 6.92 Å². The van der Waals surface area contributed by atoms with Gasteiger partial charge < -0.3 is 20.7 Å². The second-order valence-corrected chi connectivity index (χ2v) is 8.25. The molecule has 1 aromatic heterocycles. The van der Waals surface area contributed by atoms with Crippen LogP contribution in [0.5, 0.6) is 5.75 Å². The van der Waals surface area contributed by atoms with Crippen LogP contribution >= 0.6 is 0 Å². The number of benzene rings is 2. The molecule has 2 aromatic carbocycles. The SMILES string of the molecule is COc1cc2c(NC(C)c3cc(N)cc(C(F)(F)F)c3)nc(C)nc2cc1C(=O)N1CC(F)C1. The van der Waals surface area contributed by atoms with Gasteiger partial charge in [-0.05, 0) is 49.7 Å². The number of fused-ring (bicyclic) bond motifs is 1. The highest BCUT2D eigenvalue weighted by Gasteiger charge is 2.33. The van der Waals surface area contributed by atoms with E-state index in [9.17, 15) is 22.4 Å². The first-order chi connectivity index (χ1) is 16.0. The highest BCUT2D eigenvalue weighted by Crippen LogP contribution is 2.35. The molecule has 4 rings (SSSR count). The minimum absolute atomic E-state index is 0.00598. The van der Waals surface area contributed by atoms with Crippen LogP contribution in [-0.2, 0) is 6.18 Å². The highest BCUT2D eigenvalue weighted by molar-refractivity contribution is 6.03. The van der Waals surface area contributed by atoms with Crippen LogP contribution in [0.25, 0.3) is 10.9 Å². The molecule has 3 N–H and O–H groups in total. The third kappa shape index (κ3) is 4.55. The lowest BCUT2D eigenvalue weighted by molar-refractivity contribution is -0.137. The van der Waals surface area contributed by atoms with Crippen LogP contribution in [0.1, 0.15) is 40.3 Å². The molecule has 1 aliphatic rings. The fourth-order valence-corrected chi connectivity index (χ4v) is 3.86. The van der Waals surface area contributed by atoms with Crippen molar-refractivity contribution in [1.82, 2.24) is 14.9 Å². The lowest BCUT2D eigenvalue weighted by atomic mass is 10.0. The van der Waals surface area contributed by atoms with Gasteiger partial charge in [0.25, 0.3) is 5.91 Å². The number of rotatable bonds is 5. The number of methoxy groups -OCH3 is 1. The maximum atomic E-state index is 13.2. The number of alkyl halides is 4. The molecule has 2 heterocycles. The number of nitrogens with zero attached hydrogens (tertiary/aromatic N) is 3. The van der Waals surface area contributed by atoms with Gasteiger partial charge >= 0.3 is 6.18 Å². The van der Waals surface area contributed by atoms with E-state index in [1.165, 1.54) is 18.1 Å². The number of ether oxygens (including phenoxy) is 1. The third-order valence-electron chi connectivity index (χ3n) is 5.64. The van der Waals surface area contributed by atoms with E-state index in [1.807, 2.05) is 0 Å². The Balaban J connectivity index is 1.72. The van der Waals surface area contributed by atoms with E-state index in [1.54, 1.807) is 26.0 Å². The zero-order chi connectivity index (χ0) is 24.8. The first-order valence-electron chi connectivity index (χ1n) is 10.5. The van der Waals surface area contributed by atoms with Crippen LogP contribution in [0.4, 0.5) is 29.1 Å². The number of aryl methyl sites for hydroxylation is 1. The average molecular weight is 477 g/mol. The smallest absolute Gasteiger partial charge is 0.416 e. The Morgan fingerprint density at radius 2 is 1.91 bits per heavy atom. The predicted octanol–water partition coefficient (Wildman–Crippen LogP) is 4.51. The Hall–Kier alpha value is -3.63. The summed E-state index contributed by atoms with van der Waals surface area (Å²) in [6.45, 7) is 3.39. The van der Waals surface area contributed by atoms with Crippen molar-refractivity contribution in [2.24, 2.45) is 0 Å². The molecule has 1 amide bonds. The maximum Gasteiger partial charge on any atom is 0.416 e. The van der Waals surface area contributed by atoms with Crippen molar-refractivity contribution in [3.05, 3.63) is 52.8 Å². The molecule has 0 bridgehead atoms. The Morgan fingerprint density at radius 3 is 2.53 bits per heavy atom. The molecule has 11 heteroatoms. The van der Waals surface area contributed by atoms with E-state index in [0.717, 1.165) is 12.1 Å². The van der Waals surface area contributed by atoms with Gasteiger partial charge in [0.05, 0.1) is 42.9 Å².